The zero-order valence-electron chi connectivity index (χ0n) is 7.89. The Kier molecular flexibility index (Phi) is 2.93. The lowest BCUT2D eigenvalue weighted by Gasteiger charge is -2.02. The van der Waals surface area contributed by atoms with Gasteiger partial charge in [-0.2, -0.15) is 5.10 Å². The van der Waals surface area contributed by atoms with Crippen LogP contribution in [0.5, 0.6) is 0 Å². The van der Waals surface area contributed by atoms with Crippen LogP contribution in [0.1, 0.15) is 10.4 Å². The minimum atomic E-state index is -0.531. The maximum Gasteiger partial charge on any atom is 0.251 e. The summed E-state index contributed by atoms with van der Waals surface area (Å²) in [5.74, 6) is 0.00763. The van der Waals surface area contributed by atoms with Gasteiger partial charge in [0, 0.05) is 12.4 Å². The Morgan fingerprint density at radius 2 is 2.25 bits per heavy atom. The Morgan fingerprint density at radius 3 is 2.81 bits per heavy atom. The van der Waals surface area contributed by atoms with Gasteiger partial charge in [-0.3, -0.25) is 4.79 Å². The van der Waals surface area contributed by atoms with Gasteiger partial charge in [-0.05, 0) is 22.0 Å². The van der Waals surface area contributed by atoms with E-state index < -0.39 is 5.91 Å². The molecule has 82 valence electrons. The number of carbonyl (C=O) groups excluding carboxylic acids is 1. The van der Waals surface area contributed by atoms with Crippen molar-refractivity contribution in [1.29, 1.82) is 0 Å². The molecular formula is C9H6BrClN4O. The Labute approximate surface area is 104 Å². The monoisotopic (exact) mass is 300 g/mol. The SMILES string of the molecule is NC(=O)c1cnn(-c2ncc(Cl)cc2Br)c1. The summed E-state index contributed by atoms with van der Waals surface area (Å²) in [5, 5.41) is 4.49. The zero-order chi connectivity index (χ0) is 11.7. The molecule has 0 fully saturated rings. The number of nitrogens with two attached hydrogens (primary N) is 1. The van der Waals surface area contributed by atoms with Crippen LogP contribution in [0, 0.1) is 0 Å². The smallest absolute Gasteiger partial charge is 0.251 e. The van der Waals surface area contributed by atoms with E-state index in [1.807, 2.05) is 0 Å². The topological polar surface area (TPSA) is 73.8 Å². The standard InChI is InChI=1S/C9H6BrClN4O/c10-7-1-6(11)3-13-9(7)15-4-5(2-14-15)8(12)16/h1-4H,(H2,12,16). The second-order valence-corrected chi connectivity index (χ2v) is 4.29. The van der Waals surface area contributed by atoms with Crippen LogP contribution in [0.2, 0.25) is 5.02 Å². The van der Waals surface area contributed by atoms with Crippen molar-refractivity contribution in [2.75, 3.05) is 0 Å². The van der Waals surface area contributed by atoms with E-state index in [0.29, 0.717) is 20.9 Å². The molecular weight excluding hydrogens is 295 g/mol. The lowest BCUT2D eigenvalue weighted by Crippen LogP contribution is -2.09. The number of halogens is 2. The van der Waals surface area contributed by atoms with Gasteiger partial charge in [0.25, 0.3) is 5.91 Å². The summed E-state index contributed by atoms with van der Waals surface area (Å²) in [5.41, 5.74) is 5.44. The fraction of sp³-hybridized carbons (Fsp3) is 0. The first-order valence-electron chi connectivity index (χ1n) is 4.24. The fourth-order valence-electron chi connectivity index (χ4n) is 1.14. The minimum Gasteiger partial charge on any atom is -0.366 e. The number of hydrogen-bond acceptors (Lipinski definition) is 3. The maximum absolute atomic E-state index is 10.9. The fourth-order valence-corrected chi connectivity index (χ4v) is 1.96. The van der Waals surface area contributed by atoms with Crippen molar-refractivity contribution in [1.82, 2.24) is 14.8 Å². The first kappa shape index (κ1) is 11.1. The van der Waals surface area contributed by atoms with Crippen molar-refractivity contribution in [3.05, 3.63) is 39.7 Å². The summed E-state index contributed by atoms with van der Waals surface area (Å²) in [7, 11) is 0. The second-order valence-electron chi connectivity index (χ2n) is 3.00. The highest BCUT2D eigenvalue weighted by Crippen LogP contribution is 2.21. The third-order valence-corrected chi connectivity index (χ3v) is 2.66. The minimum absolute atomic E-state index is 0.323. The van der Waals surface area contributed by atoms with Crippen molar-refractivity contribution < 1.29 is 4.79 Å². The van der Waals surface area contributed by atoms with Gasteiger partial charge in [-0.1, -0.05) is 11.6 Å². The molecule has 1 amide bonds. The third kappa shape index (κ3) is 2.07. The zero-order valence-corrected chi connectivity index (χ0v) is 10.2. The molecule has 2 heterocycles. The Bertz CT molecular complexity index is 554. The highest BCUT2D eigenvalue weighted by molar-refractivity contribution is 9.10. The van der Waals surface area contributed by atoms with Gasteiger partial charge < -0.3 is 5.73 Å². The molecule has 0 aliphatic carbocycles. The van der Waals surface area contributed by atoms with Crippen molar-refractivity contribution in [2.24, 2.45) is 5.73 Å². The van der Waals surface area contributed by atoms with Crippen LogP contribution in [0.3, 0.4) is 0 Å². The molecule has 5 nitrogen and oxygen atoms in total. The molecule has 2 N–H and O–H groups in total. The van der Waals surface area contributed by atoms with Crippen molar-refractivity contribution in [3.63, 3.8) is 0 Å². The van der Waals surface area contributed by atoms with Crippen LogP contribution in [0.15, 0.2) is 29.1 Å². The summed E-state index contributed by atoms with van der Waals surface area (Å²) in [6.45, 7) is 0. The molecule has 0 saturated heterocycles. The molecule has 16 heavy (non-hydrogen) atoms. The number of primary amides is 1. The Balaban J connectivity index is 2.46. The molecule has 0 atom stereocenters. The maximum atomic E-state index is 10.9. The van der Waals surface area contributed by atoms with E-state index in [2.05, 4.69) is 26.0 Å². The number of aromatic nitrogens is 3. The molecule has 0 saturated carbocycles. The van der Waals surface area contributed by atoms with Gasteiger partial charge in [0.1, 0.15) is 0 Å². The number of pyridine rings is 1. The summed E-state index contributed by atoms with van der Waals surface area (Å²) in [6.07, 6.45) is 4.38. The van der Waals surface area contributed by atoms with Crippen molar-refractivity contribution in [2.45, 2.75) is 0 Å². The molecule has 0 aromatic carbocycles. The van der Waals surface area contributed by atoms with Crippen molar-refractivity contribution >= 4 is 33.4 Å². The van der Waals surface area contributed by atoms with E-state index in [1.54, 1.807) is 6.07 Å². The average Bonchev–Trinajstić information content (AvgIpc) is 2.66. The summed E-state index contributed by atoms with van der Waals surface area (Å²) < 4.78 is 2.12. The van der Waals surface area contributed by atoms with Crippen LogP contribution in [-0.4, -0.2) is 20.7 Å². The van der Waals surface area contributed by atoms with Gasteiger partial charge >= 0.3 is 0 Å². The quantitative estimate of drug-likeness (QED) is 0.919. The average molecular weight is 302 g/mol. The molecule has 0 spiro atoms. The number of carbonyl (C=O) groups is 1. The van der Waals surface area contributed by atoms with Crippen LogP contribution < -0.4 is 5.73 Å². The van der Waals surface area contributed by atoms with Crippen LogP contribution >= 0.6 is 27.5 Å². The molecule has 0 aliphatic heterocycles. The molecule has 2 rings (SSSR count). The lowest BCUT2D eigenvalue weighted by molar-refractivity contribution is 0.100. The normalized spacial score (nSPS) is 10.4. The van der Waals surface area contributed by atoms with Gasteiger partial charge in [-0.15, -0.1) is 0 Å². The van der Waals surface area contributed by atoms with Gasteiger partial charge in [0.15, 0.2) is 5.82 Å². The first-order chi connectivity index (χ1) is 7.58. The van der Waals surface area contributed by atoms with E-state index in [9.17, 15) is 4.79 Å². The Hall–Kier alpha value is -1.40. The molecule has 0 radical (unpaired) electrons. The van der Waals surface area contributed by atoms with Crippen molar-refractivity contribution in [3.8, 4) is 5.82 Å². The Morgan fingerprint density at radius 1 is 1.50 bits per heavy atom. The highest BCUT2D eigenvalue weighted by atomic mass is 79.9. The molecule has 0 aliphatic rings. The van der Waals surface area contributed by atoms with Gasteiger partial charge in [-0.25, -0.2) is 9.67 Å². The first-order valence-corrected chi connectivity index (χ1v) is 5.41. The molecule has 2 aromatic heterocycles. The summed E-state index contributed by atoms with van der Waals surface area (Å²) in [6, 6.07) is 1.69. The molecule has 0 unspecified atom stereocenters. The van der Waals surface area contributed by atoms with E-state index in [0.717, 1.165) is 0 Å². The largest absolute Gasteiger partial charge is 0.366 e. The van der Waals surface area contributed by atoms with Crippen LogP contribution in [-0.2, 0) is 0 Å². The number of rotatable bonds is 2. The van der Waals surface area contributed by atoms with Gasteiger partial charge in [0.05, 0.1) is 21.3 Å². The second kappa shape index (κ2) is 4.23. The van der Waals surface area contributed by atoms with Crippen LogP contribution in [0.25, 0.3) is 5.82 Å². The van der Waals surface area contributed by atoms with E-state index in [4.69, 9.17) is 17.3 Å². The molecule has 7 heteroatoms. The van der Waals surface area contributed by atoms with E-state index in [-0.39, 0.29) is 0 Å². The van der Waals surface area contributed by atoms with E-state index >= 15 is 0 Å². The summed E-state index contributed by atoms with van der Waals surface area (Å²) in [4.78, 5) is 15.0. The molecule has 2 aromatic rings. The predicted molar refractivity (Wildman–Crippen MR) is 62.6 cm³/mol. The predicted octanol–water partition coefficient (Wildman–Crippen LogP) is 1.78. The van der Waals surface area contributed by atoms with Crippen LogP contribution in [0.4, 0.5) is 0 Å². The number of hydrogen-bond donors (Lipinski definition) is 1. The third-order valence-electron chi connectivity index (χ3n) is 1.87. The van der Waals surface area contributed by atoms with E-state index in [1.165, 1.54) is 23.3 Å². The highest BCUT2D eigenvalue weighted by Gasteiger charge is 2.09. The number of amides is 1. The lowest BCUT2D eigenvalue weighted by atomic mass is 10.3. The number of nitrogens with zero attached hydrogens (tertiary/aromatic N) is 3. The van der Waals surface area contributed by atoms with Gasteiger partial charge in [0.2, 0.25) is 0 Å². The summed E-state index contributed by atoms with van der Waals surface area (Å²) >= 11 is 9.07. The molecule has 0 bridgehead atoms.